The predicted octanol–water partition coefficient (Wildman–Crippen LogP) is 3.39. The molecule has 2 unspecified atom stereocenters. The summed E-state index contributed by atoms with van der Waals surface area (Å²) in [5.74, 6) is 0. The van der Waals surface area contributed by atoms with Gasteiger partial charge in [-0.25, -0.2) is 0 Å². The van der Waals surface area contributed by atoms with Crippen LogP contribution in [0.2, 0.25) is 0 Å². The van der Waals surface area contributed by atoms with Crippen molar-refractivity contribution in [3.8, 4) is 0 Å². The Morgan fingerprint density at radius 1 is 1.19 bits per heavy atom. The molecule has 1 aliphatic rings. The minimum absolute atomic E-state index is 0.217. The standard InChI is InChI=1S/C18H34BNO/c1-14(2)8-7-9-15(3)10-11-20-12-16(18(4,5)6)21-17(19)13-20/h8,10,16-17H,7,9,11-13,19H2,1-6H3/b15-10+. The van der Waals surface area contributed by atoms with Crippen molar-refractivity contribution in [2.45, 2.75) is 66.5 Å². The van der Waals surface area contributed by atoms with Gasteiger partial charge in [-0.3, -0.25) is 4.90 Å². The Morgan fingerprint density at radius 3 is 2.43 bits per heavy atom. The van der Waals surface area contributed by atoms with Crippen LogP contribution in [0.15, 0.2) is 23.3 Å². The van der Waals surface area contributed by atoms with E-state index in [1.54, 1.807) is 0 Å². The lowest BCUT2D eigenvalue weighted by atomic mass is 9.85. The average molecular weight is 291 g/mol. The zero-order valence-corrected chi connectivity index (χ0v) is 15.2. The molecule has 2 atom stereocenters. The van der Waals surface area contributed by atoms with Crippen LogP contribution in [0, 0.1) is 5.41 Å². The second-order valence-electron chi connectivity index (χ2n) is 7.89. The molecule has 0 aromatic rings. The lowest BCUT2D eigenvalue weighted by Gasteiger charge is -2.42. The molecule has 1 fully saturated rings. The van der Waals surface area contributed by atoms with E-state index in [1.807, 2.05) is 0 Å². The molecule has 0 spiro atoms. The molecule has 21 heavy (non-hydrogen) atoms. The quantitative estimate of drug-likeness (QED) is 0.569. The number of hydrogen-bond donors (Lipinski definition) is 0. The number of nitrogens with zero attached hydrogens (tertiary/aromatic N) is 1. The Bertz CT molecular complexity index is 377. The maximum Gasteiger partial charge on any atom is 0.140 e. The van der Waals surface area contributed by atoms with Crippen LogP contribution in [0.25, 0.3) is 0 Å². The lowest BCUT2D eigenvalue weighted by Crippen LogP contribution is -2.52. The highest BCUT2D eigenvalue weighted by atomic mass is 16.5. The van der Waals surface area contributed by atoms with Crippen LogP contribution in [0.1, 0.15) is 54.4 Å². The van der Waals surface area contributed by atoms with Crippen molar-refractivity contribution in [3.63, 3.8) is 0 Å². The van der Waals surface area contributed by atoms with Crippen molar-refractivity contribution in [2.75, 3.05) is 19.6 Å². The Hall–Kier alpha value is -0.535. The van der Waals surface area contributed by atoms with E-state index >= 15 is 0 Å². The zero-order valence-electron chi connectivity index (χ0n) is 15.2. The Morgan fingerprint density at radius 2 is 1.86 bits per heavy atom. The summed E-state index contributed by atoms with van der Waals surface area (Å²) in [6.07, 6.45) is 7.39. The molecule has 1 heterocycles. The number of allylic oxidation sites excluding steroid dienone is 3. The van der Waals surface area contributed by atoms with E-state index < -0.39 is 0 Å². The van der Waals surface area contributed by atoms with Crippen LogP contribution in [-0.2, 0) is 4.74 Å². The van der Waals surface area contributed by atoms with Gasteiger partial charge in [0.25, 0.3) is 0 Å². The third-order valence-corrected chi connectivity index (χ3v) is 4.09. The van der Waals surface area contributed by atoms with Crippen molar-refractivity contribution >= 4 is 7.85 Å². The molecule has 1 saturated heterocycles. The van der Waals surface area contributed by atoms with Gasteiger partial charge in [0, 0.05) is 25.6 Å². The fourth-order valence-electron chi connectivity index (χ4n) is 2.64. The van der Waals surface area contributed by atoms with Crippen LogP contribution in [-0.4, -0.2) is 44.5 Å². The summed E-state index contributed by atoms with van der Waals surface area (Å²) in [6.45, 7) is 16.6. The second-order valence-corrected chi connectivity index (χ2v) is 7.89. The molecular formula is C18H34BNO. The third-order valence-electron chi connectivity index (χ3n) is 4.09. The molecule has 0 N–H and O–H groups in total. The molecule has 0 saturated carbocycles. The third kappa shape index (κ3) is 7.33. The summed E-state index contributed by atoms with van der Waals surface area (Å²) in [4.78, 5) is 2.54. The molecular weight excluding hydrogens is 257 g/mol. The van der Waals surface area contributed by atoms with Gasteiger partial charge in [0.2, 0.25) is 0 Å². The molecule has 1 rings (SSSR count). The van der Waals surface area contributed by atoms with Gasteiger partial charge in [0.1, 0.15) is 7.85 Å². The Balaban J connectivity index is 2.48. The molecule has 3 heteroatoms. The fraction of sp³-hybridized carbons (Fsp3) is 0.778. The minimum atomic E-state index is 0.217. The topological polar surface area (TPSA) is 12.5 Å². The fourth-order valence-corrected chi connectivity index (χ4v) is 2.64. The predicted molar refractivity (Wildman–Crippen MR) is 95.5 cm³/mol. The molecule has 2 nitrogen and oxygen atoms in total. The summed E-state index contributed by atoms with van der Waals surface area (Å²) < 4.78 is 6.11. The van der Waals surface area contributed by atoms with Crippen LogP contribution in [0.4, 0.5) is 0 Å². The normalized spacial score (nSPS) is 25.0. The van der Waals surface area contributed by atoms with Gasteiger partial charge in [0.15, 0.2) is 0 Å². The summed E-state index contributed by atoms with van der Waals surface area (Å²) >= 11 is 0. The lowest BCUT2D eigenvalue weighted by molar-refractivity contribution is -0.0942. The molecule has 0 aliphatic carbocycles. The van der Waals surface area contributed by atoms with Crippen molar-refractivity contribution in [3.05, 3.63) is 23.3 Å². The maximum atomic E-state index is 6.11. The molecule has 120 valence electrons. The Kier molecular flexibility index (Phi) is 7.22. The molecule has 0 amide bonds. The van der Waals surface area contributed by atoms with Crippen LogP contribution < -0.4 is 0 Å². The van der Waals surface area contributed by atoms with Crippen molar-refractivity contribution in [1.29, 1.82) is 0 Å². The van der Waals surface area contributed by atoms with E-state index in [9.17, 15) is 0 Å². The zero-order chi connectivity index (χ0) is 16.0. The highest BCUT2D eigenvalue weighted by Gasteiger charge is 2.32. The Labute approximate surface area is 133 Å². The molecule has 1 aliphatic heterocycles. The van der Waals surface area contributed by atoms with Gasteiger partial charge in [-0.2, -0.15) is 0 Å². The molecule has 0 aromatic heterocycles. The first-order valence-electron chi connectivity index (χ1n) is 8.35. The first-order chi connectivity index (χ1) is 9.68. The molecule has 0 radical (unpaired) electrons. The monoisotopic (exact) mass is 291 g/mol. The van der Waals surface area contributed by atoms with E-state index in [2.05, 4.69) is 66.4 Å². The van der Waals surface area contributed by atoms with Gasteiger partial charge in [-0.1, -0.05) is 44.1 Å². The summed E-state index contributed by atoms with van der Waals surface area (Å²) in [7, 11) is 2.19. The molecule has 0 bridgehead atoms. The number of hydrogen-bond acceptors (Lipinski definition) is 2. The largest absolute Gasteiger partial charge is 0.381 e. The van der Waals surface area contributed by atoms with Crippen LogP contribution in [0.5, 0.6) is 0 Å². The van der Waals surface area contributed by atoms with Gasteiger partial charge >= 0.3 is 0 Å². The van der Waals surface area contributed by atoms with E-state index in [0.29, 0.717) is 12.1 Å². The van der Waals surface area contributed by atoms with Gasteiger partial charge in [-0.15, -0.1) is 0 Å². The minimum Gasteiger partial charge on any atom is -0.381 e. The van der Waals surface area contributed by atoms with Gasteiger partial charge < -0.3 is 4.74 Å². The van der Waals surface area contributed by atoms with E-state index in [-0.39, 0.29) is 5.41 Å². The smallest absolute Gasteiger partial charge is 0.140 e. The number of rotatable bonds is 5. The maximum absolute atomic E-state index is 6.11. The van der Waals surface area contributed by atoms with Crippen LogP contribution >= 0.6 is 0 Å². The summed E-state index contributed by atoms with van der Waals surface area (Å²) in [5.41, 5.74) is 3.13. The van der Waals surface area contributed by atoms with Crippen LogP contribution in [0.3, 0.4) is 0 Å². The number of morpholine rings is 1. The van der Waals surface area contributed by atoms with Crippen molar-refractivity contribution in [1.82, 2.24) is 4.90 Å². The average Bonchev–Trinajstić information content (AvgIpc) is 2.34. The highest BCUT2D eigenvalue weighted by molar-refractivity contribution is 6.11. The van der Waals surface area contributed by atoms with E-state index in [1.165, 1.54) is 17.6 Å². The number of ether oxygens (including phenoxy) is 1. The first kappa shape index (κ1) is 18.5. The van der Waals surface area contributed by atoms with E-state index in [0.717, 1.165) is 26.1 Å². The summed E-state index contributed by atoms with van der Waals surface area (Å²) in [6, 6.07) is 0.336. The SMILES string of the molecule is BC1CN(C/C=C(\C)CCC=C(C)C)CC(C(C)(C)C)O1. The van der Waals surface area contributed by atoms with Crippen molar-refractivity contribution < 1.29 is 4.74 Å². The van der Waals surface area contributed by atoms with Gasteiger partial charge in [0.05, 0.1) is 6.10 Å². The van der Waals surface area contributed by atoms with Gasteiger partial charge in [-0.05, 0) is 39.0 Å². The van der Waals surface area contributed by atoms with E-state index in [4.69, 9.17) is 4.74 Å². The summed E-state index contributed by atoms with van der Waals surface area (Å²) in [5, 5.41) is 0. The van der Waals surface area contributed by atoms with Crippen molar-refractivity contribution in [2.24, 2.45) is 5.41 Å². The second kappa shape index (κ2) is 8.19. The molecule has 0 aromatic carbocycles. The first-order valence-corrected chi connectivity index (χ1v) is 8.35. The highest BCUT2D eigenvalue weighted by Crippen LogP contribution is 2.26.